The number of likely N-dealkylation sites (N-methyl/N-ethyl adjacent to an activating group) is 1. The number of anilines is 1. The quantitative estimate of drug-likeness (QED) is 0.837. The molecule has 0 heterocycles. The van der Waals surface area contributed by atoms with Crippen molar-refractivity contribution >= 4 is 17.7 Å². The lowest BCUT2D eigenvalue weighted by Gasteiger charge is -2.25. The van der Waals surface area contributed by atoms with Crippen molar-refractivity contribution in [2.45, 2.75) is 13.0 Å². The van der Waals surface area contributed by atoms with E-state index in [0.717, 1.165) is 0 Å². The van der Waals surface area contributed by atoms with E-state index in [9.17, 15) is 9.59 Å². The van der Waals surface area contributed by atoms with Gasteiger partial charge in [0, 0.05) is 20.2 Å². The van der Waals surface area contributed by atoms with E-state index < -0.39 is 12.0 Å². The van der Waals surface area contributed by atoms with Crippen LogP contribution in [0.2, 0.25) is 0 Å². The number of carboxylic acids is 1. The number of rotatable bonds is 6. The Morgan fingerprint density at radius 3 is 2.57 bits per heavy atom. The summed E-state index contributed by atoms with van der Waals surface area (Å²) in [4.78, 5) is 24.8. The molecule has 1 atom stereocenters. The molecule has 0 fully saturated rings. The van der Waals surface area contributed by atoms with Gasteiger partial charge in [-0.15, -0.1) is 0 Å². The first-order chi connectivity index (χ1) is 9.90. The molecule has 0 saturated carbocycles. The summed E-state index contributed by atoms with van der Waals surface area (Å²) in [7, 11) is 4.63. The van der Waals surface area contributed by atoms with Gasteiger partial charge >= 0.3 is 12.0 Å². The fourth-order valence-corrected chi connectivity index (χ4v) is 1.70. The number of amides is 2. The van der Waals surface area contributed by atoms with Crippen molar-refractivity contribution in [1.29, 1.82) is 0 Å². The molecule has 0 spiro atoms. The fourth-order valence-electron chi connectivity index (χ4n) is 1.70. The molecular weight excluding hydrogens is 276 g/mol. The molecule has 1 unspecified atom stereocenters. The van der Waals surface area contributed by atoms with Gasteiger partial charge in [-0.2, -0.15) is 0 Å². The number of hydrogen-bond donors (Lipinski definition) is 2. The summed E-state index contributed by atoms with van der Waals surface area (Å²) in [6.45, 7) is 2.21. The molecule has 1 aromatic carbocycles. The zero-order chi connectivity index (χ0) is 16.0. The molecule has 0 saturated heterocycles. The Bertz CT molecular complexity index is 518. The van der Waals surface area contributed by atoms with Gasteiger partial charge in [-0.05, 0) is 19.1 Å². The summed E-state index contributed by atoms with van der Waals surface area (Å²) in [5, 5.41) is 11.7. The van der Waals surface area contributed by atoms with Crippen molar-refractivity contribution in [3.63, 3.8) is 0 Å². The average Bonchev–Trinajstić information content (AvgIpc) is 2.46. The van der Waals surface area contributed by atoms with Gasteiger partial charge in [0.25, 0.3) is 0 Å². The lowest BCUT2D eigenvalue weighted by atomic mass is 10.1. The Morgan fingerprint density at radius 1 is 1.38 bits per heavy atom. The lowest BCUT2D eigenvalue weighted by Crippen LogP contribution is -2.40. The van der Waals surface area contributed by atoms with Crippen LogP contribution in [-0.2, 0) is 4.74 Å². The summed E-state index contributed by atoms with van der Waals surface area (Å²) in [6.07, 6.45) is 0. The highest BCUT2D eigenvalue weighted by molar-refractivity contribution is 6.00. The molecule has 1 rings (SSSR count). The number of hydrogen-bond acceptors (Lipinski definition) is 4. The Balaban J connectivity index is 2.95. The minimum absolute atomic E-state index is 0.00283. The summed E-state index contributed by atoms with van der Waals surface area (Å²) in [6, 6.07) is 3.81. The second-order valence-corrected chi connectivity index (χ2v) is 4.56. The summed E-state index contributed by atoms with van der Waals surface area (Å²) in [5.41, 5.74) is 0.181. The number of nitrogens with zero attached hydrogens (tertiary/aromatic N) is 1. The predicted molar refractivity (Wildman–Crippen MR) is 78.1 cm³/mol. The monoisotopic (exact) mass is 296 g/mol. The van der Waals surface area contributed by atoms with Crippen LogP contribution in [0.15, 0.2) is 18.2 Å². The highest BCUT2D eigenvalue weighted by Crippen LogP contribution is 2.23. The number of carbonyl (C=O) groups excluding carboxylic acids is 1. The molecule has 7 heteroatoms. The van der Waals surface area contributed by atoms with Gasteiger partial charge in [0.05, 0.1) is 31.0 Å². The highest BCUT2D eigenvalue weighted by Gasteiger charge is 2.19. The van der Waals surface area contributed by atoms with E-state index in [2.05, 4.69) is 5.32 Å². The van der Waals surface area contributed by atoms with Crippen LogP contribution >= 0.6 is 0 Å². The second-order valence-electron chi connectivity index (χ2n) is 4.56. The largest absolute Gasteiger partial charge is 0.497 e. The van der Waals surface area contributed by atoms with Crippen LogP contribution in [0, 0.1) is 0 Å². The Labute approximate surface area is 123 Å². The summed E-state index contributed by atoms with van der Waals surface area (Å²) < 4.78 is 10.0. The molecule has 0 bridgehead atoms. The van der Waals surface area contributed by atoms with Gasteiger partial charge in [0.1, 0.15) is 5.75 Å². The van der Waals surface area contributed by atoms with E-state index in [-0.39, 0.29) is 17.3 Å². The van der Waals surface area contributed by atoms with Crippen LogP contribution in [-0.4, -0.2) is 55.9 Å². The van der Waals surface area contributed by atoms with Crippen LogP contribution in [0.1, 0.15) is 17.3 Å². The van der Waals surface area contributed by atoms with E-state index in [1.807, 2.05) is 6.92 Å². The van der Waals surface area contributed by atoms with E-state index in [0.29, 0.717) is 12.4 Å². The molecule has 2 N–H and O–H groups in total. The third-order valence-corrected chi connectivity index (χ3v) is 3.09. The molecule has 0 aliphatic heterocycles. The number of benzene rings is 1. The number of methoxy groups -OCH3 is 2. The standard InChI is InChI=1S/C14H20N2O5/c1-9(8-20-3)16(2)14(19)15-12-7-10(21-4)5-6-11(12)13(17)18/h5-7,9H,8H2,1-4H3,(H,15,19)(H,17,18). The molecule has 116 valence electrons. The van der Waals surface area contributed by atoms with Gasteiger partial charge in [-0.3, -0.25) is 0 Å². The Hall–Kier alpha value is -2.28. The van der Waals surface area contributed by atoms with Crippen molar-refractivity contribution in [3.05, 3.63) is 23.8 Å². The second kappa shape index (κ2) is 7.49. The number of ether oxygens (including phenoxy) is 2. The lowest BCUT2D eigenvalue weighted by molar-refractivity contribution is 0.0698. The van der Waals surface area contributed by atoms with E-state index in [1.165, 1.54) is 30.2 Å². The van der Waals surface area contributed by atoms with Crippen molar-refractivity contribution in [2.24, 2.45) is 0 Å². The first-order valence-corrected chi connectivity index (χ1v) is 6.34. The Kier molecular flexibility index (Phi) is 5.98. The Morgan fingerprint density at radius 2 is 2.05 bits per heavy atom. The molecule has 0 radical (unpaired) electrons. The third-order valence-electron chi connectivity index (χ3n) is 3.09. The number of nitrogens with one attached hydrogen (secondary N) is 1. The third kappa shape index (κ3) is 4.35. The van der Waals surface area contributed by atoms with E-state index >= 15 is 0 Å². The topological polar surface area (TPSA) is 88.1 Å². The van der Waals surface area contributed by atoms with Crippen LogP contribution in [0.25, 0.3) is 0 Å². The van der Waals surface area contributed by atoms with Gasteiger partial charge in [0.15, 0.2) is 0 Å². The number of aromatic carboxylic acids is 1. The normalized spacial score (nSPS) is 11.6. The average molecular weight is 296 g/mol. The van der Waals surface area contributed by atoms with Gasteiger partial charge in [-0.1, -0.05) is 0 Å². The maximum atomic E-state index is 12.1. The zero-order valence-electron chi connectivity index (χ0n) is 12.5. The smallest absolute Gasteiger partial charge is 0.337 e. The van der Waals surface area contributed by atoms with Crippen molar-refractivity contribution in [2.75, 3.05) is 33.2 Å². The van der Waals surface area contributed by atoms with Gasteiger partial charge < -0.3 is 24.8 Å². The minimum Gasteiger partial charge on any atom is -0.497 e. The van der Waals surface area contributed by atoms with Crippen LogP contribution in [0.4, 0.5) is 10.5 Å². The molecule has 21 heavy (non-hydrogen) atoms. The zero-order valence-corrected chi connectivity index (χ0v) is 12.5. The fraction of sp³-hybridized carbons (Fsp3) is 0.429. The van der Waals surface area contributed by atoms with Crippen LogP contribution in [0.5, 0.6) is 5.75 Å². The summed E-state index contributed by atoms with van der Waals surface area (Å²) >= 11 is 0. The molecule has 0 aliphatic carbocycles. The van der Waals surface area contributed by atoms with E-state index in [1.54, 1.807) is 14.2 Å². The first kappa shape index (κ1) is 16.8. The van der Waals surface area contributed by atoms with Crippen LogP contribution in [0.3, 0.4) is 0 Å². The SMILES string of the molecule is COCC(C)N(C)C(=O)Nc1cc(OC)ccc1C(=O)O. The van der Waals surface area contributed by atoms with Crippen molar-refractivity contribution in [1.82, 2.24) is 4.90 Å². The molecule has 0 aromatic heterocycles. The number of carbonyl (C=O) groups is 2. The molecule has 2 amide bonds. The molecule has 1 aromatic rings. The molecular formula is C14H20N2O5. The minimum atomic E-state index is -1.12. The molecule has 0 aliphatic rings. The maximum Gasteiger partial charge on any atom is 0.337 e. The van der Waals surface area contributed by atoms with Gasteiger partial charge in [-0.25, -0.2) is 9.59 Å². The highest BCUT2D eigenvalue weighted by atomic mass is 16.5. The van der Waals surface area contributed by atoms with Crippen molar-refractivity contribution < 1.29 is 24.2 Å². The number of carboxylic acid groups (broad SMARTS) is 1. The molecule has 7 nitrogen and oxygen atoms in total. The summed E-state index contributed by atoms with van der Waals surface area (Å²) in [5.74, 6) is -0.663. The number of urea groups is 1. The van der Waals surface area contributed by atoms with Crippen molar-refractivity contribution in [3.8, 4) is 5.75 Å². The van der Waals surface area contributed by atoms with Crippen LogP contribution < -0.4 is 10.1 Å². The maximum absolute atomic E-state index is 12.1. The first-order valence-electron chi connectivity index (χ1n) is 6.34. The van der Waals surface area contributed by atoms with Gasteiger partial charge in [0.2, 0.25) is 0 Å². The van der Waals surface area contributed by atoms with E-state index in [4.69, 9.17) is 14.6 Å². The predicted octanol–water partition coefficient (Wildman–Crippen LogP) is 1.89.